The average Bonchev–Trinajstić information content (AvgIpc) is 3.11. The Kier molecular flexibility index (Phi) is 5.49. The smallest absolute Gasteiger partial charge is 0.416 e. The number of hydrogen-bond donors (Lipinski definition) is 1. The van der Waals surface area contributed by atoms with Crippen LogP contribution >= 0.6 is 0 Å². The van der Waals surface area contributed by atoms with Gasteiger partial charge in [-0.25, -0.2) is 9.78 Å². The van der Waals surface area contributed by atoms with Gasteiger partial charge in [0.25, 0.3) is 0 Å². The molecule has 0 aliphatic carbocycles. The lowest BCUT2D eigenvalue weighted by molar-refractivity contribution is -0.124. The van der Waals surface area contributed by atoms with Crippen molar-refractivity contribution < 1.29 is 14.3 Å². The van der Waals surface area contributed by atoms with Crippen molar-refractivity contribution in [3.05, 3.63) is 42.6 Å². The van der Waals surface area contributed by atoms with Gasteiger partial charge in [0.15, 0.2) is 11.9 Å². The molecule has 0 saturated carbocycles. The topological polar surface area (TPSA) is 88.8 Å². The van der Waals surface area contributed by atoms with E-state index in [9.17, 15) is 9.59 Å². The molecule has 7 nitrogen and oxygen atoms in total. The molecule has 2 aliphatic heterocycles. The Bertz CT molecular complexity index is 876. The zero-order valence-corrected chi connectivity index (χ0v) is 16.6. The van der Waals surface area contributed by atoms with Crippen LogP contribution in [-0.2, 0) is 9.53 Å². The number of anilines is 2. The number of ketones is 1. The summed E-state index contributed by atoms with van der Waals surface area (Å²) in [6, 6.07) is 11.6. The van der Waals surface area contributed by atoms with E-state index in [0.29, 0.717) is 5.82 Å². The lowest BCUT2D eigenvalue weighted by Gasteiger charge is -2.28. The van der Waals surface area contributed by atoms with Crippen molar-refractivity contribution in [1.29, 1.82) is 0 Å². The zero-order valence-electron chi connectivity index (χ0n) is 16.6. The van der Waals surface area contributed by atoms with Crippen molar-refractivity contribution in [2.24, 2.45) is 5.73 Å². The highest BCUT2D eigenvalue weighted by Crippen LogP contribution is 2.29. The Labute approximate surface area is 170 Å². The maximum atomic E-state index is 12.3. The third kappa shape index (κ3) is 3.82. The minimum absolute atomic E-state index is 0.122. The normalized spacial score (nSPS) is 21.9. The number of cyclic esters (lactones) is 1. The van der Waals surface area contributed by atoms with Crippen LogP contribution in [0.1, 0.15) is 26.2 Å². The van der Waals surface area contributed by atoms with Crippen LogP contribution in [0.15, 0.2) is 42.6 Å². The molecule has 29 heavy (non-hydrogen) atoms. The summed E-state index contributed by atoms with van der Waals surface area (Å²) in [6.45, 7) is 3.75. The number of ether oxygens (including phenoxy) is 1. The van der Waals surface area contributed by atoms with Crippen LogP contribution in [0.5, 0.6) is 0 Å². The molecule has 4 rings (SSSR count). The fraction of sp³-hybridized carbons (Fsp3) is 0.409. The summed E-state index contributed by atoms with van der Waals surface area (Å²) in [4.78, 5) is 32.2. The van der Waals surface area contributed by atoms with E-state index in [1.54, 1.807) is 12.3 Å². The molecule has 1 amide bonds. The Morgan fingerprint density at radius 1 is 1.10 bits per heavy atom. The molecule has 3 heterocycles. The fourth-order valence-electron chi connectivity index (χ4n) is 4.08. The molecule has 0 spiro atoms. The number of rotatable bonds is 5. The van der Waals surface area contributed by atoms with Crippen molar-refractivity contribution in [2.45, 2.75) is 38.3 Å². The van der Waals surface area contributed by atoms with Crippen molar-refractivity contribution in [1.82, 2.24) is 4.98 Å². The van der Waals surface area contributed by atoms with Crippen LogP contribution in [0.4, 0.5) is 16.3 Å². The molecule has 2 N–H and O–H groups in total. The van der Waals surface area contributed by atoms with Crippen molar-refractivity contribution in [3.63, 3.8) is 0 Å². The predicted molar refractivity (Wildman–Crippen MR) is 112 cm³/mol. The number of amides is 1. The summed E-state index contributed by atoms with van der Waals surface area (Å²) >= 11 is 0. The minimum Gasteiger partial charge on any atom is -0.435 e. The lowest BCUT2D eigenvalue weighted by Crippen LogP contribution is -2.45. The third-order valence-electron chi connectivity index (χ3n) is 5.66. The summed E-state index contributed by atoms with van der Waals surface area (Å²) in [7, 11) is 0. The van der Waals surface area contributed by atoms with E-state index in [1.807, 2.05) is 6.07 Å². The van der Waals surface area contributed by atoms with Gasteiger partial charge in [0.05, 0.1) is 6.04 Å². The molecule has 1 aromatic carbocycles. The van der Waals surface area contributed by atoms with Gasteiger partial charge in [0.1, 0.15) is 5.82 Å². The number of aromatic nitrogens is 1. The SMILES string of the molecule is CC(=O)[C@H]1OC(=O)N(c2ccc(-c3ccc(N4CCCCC4)cc3)cn2)C1CN. The molecule has 2 fully saturated rings. The summed E-state index contributed by atoms with van der Waals surface area (Å²) in [5.74, 6) is 0.213. The van der Waals surface area contributed by atoms with E-state index in [0.717, 1.165) is 24.2 Å². The van der Waals surface area contributed by atoms with Gasteiger partial charge in [-0.1, -0.05) is 12.1 Å². The first kappa shape index (κ1) is 19.4. The second kappa shape index (κ2) is 8.21. The number of hydrogen-bond acceptors (Lipinski definition) is 6. The second-order valence-corrected chi connectivity index (χ2v) is 7.59. The monoisotopic (exact) mass is 394 g/mol. The van der Waals surface area contributed by atoms with Crippen molar-refractivity contribution >= 4 is 23.4 Å². The Morgan fingerprint density at radius 3 is 2.38 bits per heavy atom. The van der Waals surface area contributed by atoms with Gasteiger partial charge in [-0.15, -0.1) is 0 Å². The number of carbonyl (C=O) groups is 2. The van der Waals surface area contributed by atoms with E-state index in [-0.39, 0.29) is 12.3 Å². The number of benzene rings is 1. The van der Waals surface area contributed by atoms with Gasteiger partial charge in [-0.2, -0.15) is 0 Å². The van der Waals surface area contributed by atoms with Crippen molar-refractivity contribution in [3.8, 4) is 11.1 Å². The summed E-state index contributed by atoms with van der Waals surface area (Å²) < 4.78 is 5.19. The van der Waals surface area contributed by atoms with Crippen LogP contribution in [0.25, 0.3) is 11.1 Å². The highest BCUT2D eigenvalue weighted by molar-refractivity contribution is 5.96. The van der Waals surface area contributed by atoms with Gasteiger partial charge >= 0.3 is 6.09 Å². The molecular weight excluding hydrogens is 368 g/mol. The molecule has 0 radical (unpaired) electrons. The number of carbonyl (C=O) groups excluding carboxylic acids is 2. The van der Waals surface area contributed by atoms with Gasteiger partial charge in [0.2, 0.25) is 0 Å². The van der Waals surface area contributed by atoms with Crippen LogP contribution in [-0.4, -0.2) is 48.6 Å². The van der Waals surface area contributed by atoms with Crippen LogP contribution in [0, 0.1) is 0 Å². The molecule has 2 saturated heterocycles. The number of pyridine rings is 1. The molecule has 2 aromatic rings. The summed E-state index contributed by atoms with van der Waals surface area (Å²) in [6.07, 6.45) is 4.10. The average molecular weight is 394 g/mol. The predicted octanol–water partition coefficient (Wildman–Crippen LogP) is 2.98. The molecule has 7 heteroatoms. The van der Waals surface area contributed by atoms with E-state index in [1.165, 1.54) is 36.8 Å². The molecular formula is C22H26N4O3. The highest BCUT2D eigenvalue weighted by Gasteiger charge is 2.44. The Balaban J connectivity index is 1.52. The zero-order chi connectivity index (χ0) is 20.4. The van der Waals surface area contributed by atoms with Crippen LogP contribution in [0.3, 0.4) is 0 Å². The first-order chi connectivity index (χ1) is 14.1. The van der Waals surface area contributed by atoms with E-state index >= 15 is 0 Å². The van der Waals surface area contributed by atoms with Crippen molar-refractivity contribution in [2.75, 3.05) is 29.4 Å². The first-order valence-corrected chi connectivity index (χ1v) is 10.1. The minimum atomic E-state index is -0.851. The molecule has 1 unspecified atom stereocenters. The number of nitrogens with two attached hydrogens (primary N) is 1. The van der Waals surface area contributed by atoms with Crippen LogP contribution < -0.4 is 15.5 Å². The third-order valence-corrected chi connectivity index (χ3v) is 5.66. The molecule has 152 valence electrons. The Morgan fingerprint density at radius 2 is 1.79 bits per heavy atom. The van der Waals surface area contributed by atoms with Crippen LogP contribution in [0.2, 0.25) is 0 Å². The number of nitrogens with zero attached hydrogens (tertiary/aromatic N) is 3. The van der Waals surface area contributed by atoms with E-state index in [4.69, 9.17) is 10.5 Å². The van der Waals surface area contributed by atoms with Gasteiger partial charge in [-0.05, 0) is 56.0 Å². The molecule has 2 aliphatic rings. The van der Waals surface area contributed by atoms with Gasteiger partial charge < -0.3 is 15.4 Å². The fourth-order valence-corrected chi connectivity index (χ4v) is 4.08. The highest BCUT2D eigenvalue weighted by atomic mass is 16.6. The maximum absolute atomic E-state index is 12.3. The number of Topliss-reactive ketones (excluding diaryl/α,β-unsaturated/α-hetero) is 1. The molecule has 0 bridgehead atoms. The Hall–Kier alpha value is -2.93. The maximum Gasteiger partial charge on any atom is 0.416 e. The first-order valence-electron chi connectivity index (χ1n) is 10.1. The standard InChI is InChI=1S/C22H26N4O3/c1-15(27)21-19(13-23)26(22(28)29-21)20-10-7-17(14-24-20)16-5-8-18(9-6-16)25-11-3-2-4-12-25/h5-10,14,19,21H,2-4,11-13,23H2,1H3/t19?,21-/m1/s1. The second-order valence-electron chi connectivity index (χ2n) is 7.59. The van der Waals surface area contributed by atoms with E-state index < -0.39 is 18.2 Å². The molecule has 2 atom stereocenters. The van der Waals surface area contributed by atoms with E-state index in [2.05, 4.69) is 34.1 Å². The molecule has 1 aromatic heterocycles. The van der Waals surface area contributed by atoms with Gasteiger partial charge in [0, 0.05) is 37.1 Å². The quantitative estimate of drug-likeness (QED) is 0.839. The largest absolute Gasteiger partial charge is 0.435 e. The van der Waals surface area contributed by atoms with Gasteiger partial charge in [-0.3, -0.25) is 9.69 Å². The summed E-state index contributed by atoms with van der Waals surface area (Å²) in [5, 5.41) is 0. The lowest BCUT2D eigenvalue weighted by atomic mass is 10.1. The summed E-state index contributed by atoms with van der Waals surface area (Å²) in [5.41, 5.74) is 9.06. The number of piperidine rings is 1.